The molecule has 0 unspecified atom stereocenters. The maximum atomic E-state index is 6.38. The number of nitrogens with zero attached hydrogens (tertiary/aromatic N) is 4. The van der Waals surface area contributed by atoms with Crippen molar-refractivity contribution in [2.24, 2.45) is 0 Å². The fraction of sp³-hybridized carbons (Fsp3) is 0.00787. The molecule has 0 N–H and O–H groups in total. The molecule has 1 aliphatic rings. The Morgan fingerprint density at radius 1 is 0.211 bits per heavy atom. The van der Waals surface area contributed by atoms with Gasteiger partial charge in [-0.2, -0.15) is 0 Å². The lowest BCUT2D eigenvalue weighted by atomic mass is 9.67. The SMILES string of the molecule is c1ccc(-c2cc(-c3ccccc3)cc(N(c3ccccc3)c3ccccc3-c3cccc(-c4ccc5c6ccccc6n(-c6ccc7c(c6)oc6ccccc67)c5c4)c3)c2)cc1.c1ccc(N(c2ccc3c(c2)C(c2ccccc2)(c2ccccc2)c2ccccc2-3)c2ccccc2-c2cccc(-c3ccc4c5ccccc5n(-c5cccc6c5sc5ccccc56)c4c3)c2)cc1. The average molecular weight is 1710 g/mol. The highest BCUT2D eigenvalue weighted by molar-refractivity contribution is 7.26. The average Bonchev–Trinajstić information content (AvgIpc) is 1.54. The summed E-state index contributed by atoms with van der Waals surface area (Å²) in [7, 11) is 0. The van der Waals surface area contributed by atoms with Crippen LogP contribution in [0.5, 0.6) is 0 Å². The van der Waals surface area contributed by atoms with Gasteiger partial charge in [0, 0.05) is 93.4 Å². The Balaban J connectivity index is 0.000000143. The van der Waals surface area contributed by atoms with E-state index in [-0.39, 0.29) is 0 Å². The number of anilines is 6. The number of fused-ring (bicyclic) bond motifs is 15. The number of hydrogen-bond acceptors (Lipinski definition) is 4. The van der Waals surface area contributed by atoms with Crippen LogP contribution in [-0.2, 0) is 5.41 Å². The largest absolute Gasteiger partial charge is 0.456 e. The molecule has 26 rings (SSSR count). The van der Waals surface area contributed by atoms with E-state index in [2.05, 4.69) is 516 Å². The highest BCUT2D eigenvalue weighted by atomic mass is 32.1. The molecule has 6 heteroatoms. The molecule has 624 valence electrons. The Morgan fingerprint density at radius 2 is 0.624 bits per heavy atom. The van der Waals surface area contributed by atoms with Gasteiger partial charge in [-0.05, 0) is 222 Å². The standard InChI is InChI=1S/C67H44N2S.C60H40N2O/c1-4-22-48(23-5-1)67(49-24-6-2-7-25-49)59-33-14-10-29-53(59)54-41-39-51(44-60(54)67)68(50-26-8-3-9-27-50)61-34-15-11-28-52(61)47-21-18-20-45(42-47)46-38-40-56-55-30-12-16-35-62(55)69(64(56)43-46)63-36-19-32-58-57-31-13-17-37-65(57)70-66(58)63;1-4-17-41(18-5-1)46-36-47(42-19-6-2-7-20-42)38-50(37-46)61(48-23-8-3-9-24-48)56-28-13-10-25-51(56)45-22-16-21-43(35-45)44-31-33-53-52-26-11-14-29-57(52)62(58(53)39-44)49-32-34-55-54-27-12-15-30-59(54)63-60(55)40-49/h1-44H;1-40H. The van der Waals surface area contributed by atoms with Crippen molar-refractivity contribution in [3.05, 3.63) is 532 Å². The zero-order chi connectivity index (χ0) is 87.9. The monoisotopic (exact) mass is 1710 g/mol. The van der Waals surface area contributed by atoms with Crippen LogP contribution in [0.25, 0.3) is 175 Å². The molecule has 5 nitrogen and oxygen atoms in total. The lowest BCUT2D eigenvalue weighted by Crippen LogP contribution is -2.28. The molecule has 0 saturated heterocycles. The van der Waals surface area contributed by atoms with Crippen LogP contribution in [0.2, 0.25) is 0 Å². The number of hydrogen-bond donors (Lipinski definition) is 0. The van der Waals surface area contributed by atoms with Crippen LogP contribution in [0.3, 0.4) is 0 Å². The van der Waals surface area contributed by atoms with E-state index in [1.807, 2.05) is 23.5 Å². The third-order valence-corrected chi connectivity index (χ3v) is 28.2. The van der Waals surface area contributed by atoms with E-state index >= 15 is 0 Å². The van der Waals surface area contributed by atoms with Gasteiger partial charge >= 0.3 is 0 Å². The first-order chi connectivity index (χ1) is 66.0. The summed E-state index contributed by atoms with van der Waals surface area (Å²) >= 11 is 1.88. The minimum absolute atomic E-state index is 0.516. The van der Waals surface area contributed by atoms with Crippen molar-refractivity contribution in [2.75, 3.05) is 9.80 Å². The third-order valence-electron chi connectivity index (χ3n) is 27.0. The zero-order valence-electron chi connectivity index (χ0n) is 72.6. The second-order valence-electron chi connectivity index (χ2n) is 34.5. The fourth-order valence-electron chi connectivity index (χ4n) is 21.1. The van der Waals surface area contributed by atoms with E-state index in [1.54, 1.807) is 0 Å². The van der Waals surface area contributed by atoms with E-state index < -0.39 is 5.41 Å². The Labute approximate surface area is 775 Å². The number of rotatable bonds is 16. The second kappa shape index (κ2) is 32.9. The van der Waals surface area contributed by atoms with Gasteiger partial charge in [-0.1, -0.05) is 370 Å². The van der Waals surface area contributed by atoms with Crippen molar-refractivity contribution in [3.8, 4) is 89.3 Å². The predicted molar refractivity (Wildman–Crippen MR) is 561 cm³/mol. The molecule has 0 radical (unpaired) electrons. The Bertz CT molecular complexity index is 8680. The topological polar surface area (TPSA) is 29.5 Å². The zero-order valence-corrected chi connectivity index (χ0v) is 73.4. The molecule has 0 aliphatic heterocycles. The molecule has 4 heterocycles. The van der Waals surface area contributed by atoms with E-state index in [0.29, 0.717) is 0 Å². The van der Waals surface area contributed by atoms with E-state index in [4.69, 9.17) is 4.42 Å². The first-order valence-electron chi connectivity index (χ1n) is 45.6. The molecule has 133 heavy (non-hydrogen) atoms. The molecule has 4 aromatic heterocycles. The number of furan rings is 1. The second-order valence-corrected chi connectivity index (χ2v) is 35.5. The lowest BCUT2D eigenvalue weighted by molar-refractivity contribution is 0.668. The van der Waals surface area contributed by atoms with Crippen molar-refractivity contribution in [1.82, 2.24) is 9.13 Å². The van der Waals surface area contributed by atoms with Crippen LogP contribution in [0.4, 0.5) is 34.1 Å². The molecule has 1 aliphatic carbocycles. The van der Waals surface area contributed by atoms with Crippen LogP contribution in [0.15, 0.2) is 514 Å². The highest BCUT2D eigenvalue weighted by Crippen LogP contribution is 2.58. The van der Waals surface area contributed by atoms with E-state index in [9.17, 15) is 0 Å². The van der Waals surface area contributed by atoms with Gasteiger partial charge in [-0.15, -0.1) is 11.3 Å². The van der Waals surface area contributed by atoms with Gasteiger partial charge in [0.25, 0.3) is 0 Å². The third kappa shape index (κ3) is 13.4. The van der Waals surface area contributed by atoms with Crippen molar-refractivity contribution in [1.29, 1.82) is 0 Å². The van der Waals surface area contributed by atoms with Crippen LogP contribution < -0.4 is 9.80 Å². The Kier molecular flexibility index (Phi) is 19.3. The molecule has 0 saturated carbocycles. The van der Waals surface area contributed by atoms with Crippen LogP contribution in [0, 0.1) is 0 Å². The van der Waals surface area contributed by atoms with Gasteiger partial charge in [0.15, 0.2) is 0 Å². The number of para-hydroxylation sites is 7. The Morgan fingerprint density at radius 3 is 1.23 bits per heavy atom. The van der Waals surface area contributed by atoms with Gasteiger partial charge in [0.2, 0.25) is 0 Å². The number of aromatic nitrogens is 2. The summed E-state index contributed by atoms with van der Waals surface area (Å²) < 4.78 is 13.9. The summed E-state index contributed by atoms with van der Waals surface area (Å²) in [5.41, 5.74) is 36.4. The number of benzene rings is 21. The Hall–Kier alpha value is -17.2. The summed E-state index contributed by atoms with van der Waals surface area (Å²) in [5, 5.41) is 9.81. The first-order valence-corrected chi connectivity index (χ1v) is 46.4. The van der Waals surface area contributed by atoms with Crippen molar-refractivity contribution >= 4 is 131 Å². The first kappa shape index (κ1) is 78.1. The molecule has 0 bridgehead atoms. The quantitative estimate of drug-likeness (QED) is 0.0966. The molecule has 0 amide bonds. The molecular weight excluding hydrogens is 1630 g/mol. The predicted octanol–water partition coefficient (Wildman–Crippen LogP) is 35.1. The van der Waals surface area contributed by atoms with Gasteiger partial charge < -0.3 is 23.4 Å². The molecule has 25 aromatic rings. The van der Waals surface area contributed by atoms with E-state index in [1.165, 1.54) is 114 Å². The summed E-state index contributed by atoms with van der Waals surface area (Å²) in [5.74, 6) is 0. The summed E-state index contributed by atoms with van der Waals surface area (Å²) in [6.07, 6.45) is 0. The van der Waals surface area contributed by atoms with Gasteiger partial charge in [-0.25, -0.2) is 0 Å². The molecule has 0 spiro atoms. The normalized spacial score (nSPS) is 12.1. The van der Waals surface area contributed by atoms with Gasteiger partial charge in [0.1, 0.15) is 11.2 Å². The van der Waals surface area contributed by atoms with Gasteiger partial charge in [0.05, 0.1) is 49.2 Å². The molecular formula is C127H84N4OS. The smallest absolute Gasteiger partial charge is 0.137 e. The minimum atomic E-state index is -0.516. The summed E-state index contributed by atoms with van der Waals surface area (Å²) in [4.78, 5) is 4.86. The molecule has 0 atom stereocenters. The molecule has 21 aromatic carbocycles. The maximum Gasteiger partial charge on any atom is 0.137 e. The van der Waals surface area contributed by atoms with Crippen molar-refractivity contribution < 1.29 is 4.42 Å². The van der Waals surface area contributed by atoms with Crippen LogP contribution in [0.1, 0.15) is 22.3 Å². The lowest BCUT2D eigenvalue weighted by Gasteiger charge is -2.35. The summed E-state index contributed by atoms with van der Waals surface area (Å²) in [6, 6.07) is 186. The molecule has 0 fully saturated rings. The fourth-order valence-corrected chi connectivity index (χ4v) is 22.3. The number of thiophene rings is 1. The maximum absolute atomic E-state index is 6.38. The van der Waals surface area contributed by atoms with Crippen molar-refractivity contribution in [2.45, 2.75) is 5.41 Å². The van der Waals surface area contributed by atoms with Gasteiger partial charge in [-0.3, -0.25) is 0 Å². The summed E-state index contributed by atoms with van der Waals surface area (Å²) in [6.45, 7) is 0. The van der Waals surface area contributed by atoms with E-state index in [0.717, 1.165) is 117 Å². The highest BCUT2D eigenvalue weighted by Gasteiger charge is 2.46. The van der Waals surface area contributed by atoms with Crippen LogP contribution >= 0.6 is 11.3 Å². The van der Waals surface area contributed by atoms with Crippen LogP contribution in [-0.4, -0.2) is 9.13 Å². The minimum Gasteiger partial charge on any atom is -0.456 e. The van der Waals surface area contributed by atoms with Crippen molar-refractivity contribution in [3.63, 3.8) is 0 Å².